The minimum atomic E-state index is -0.223. The summed E-state index contributed by atoms with van der Waals surface area (Å²) in [4.78, 5) is 16.3. The van der Waals surface area contributed by atoms with Crippen LogP contribution < -0.4 is 5.32 Å². The molecule has 0 radical (unpaired) electrons. The number of pyridine rings is 1. The van der Waals surface area contributed by atoms with Gasteiger partial charge in [0, 0.05) is 29.6 Å². The van der Waals surface area contributed by atoms with Crippen LogP contribution in [-0.4, -0.2) is 31.5 Å². The molecule has 0 saturated heterocycles. The smallest absolute Gasteiger partial charge is 0.251 e. The Balaban J connectivity index is 1.45. The number of benzene rings is 1. The first kappa shape index (κ1) is 14.1. The number of H-pyrrole nitrogens is 1. The number of fused-ring (bicyclic) bond motifs is 1. The summed E-state index contributed by atoms with van der Waals surface area (Å²) in [6, 6.07) is 10.6. The van der Waals surface area contributed by atoms with Crippen LogP contribution in [0.1, 0.15) is 16.1 Å². The lowest BCUT2D eigenvalue weighted by Gasteiger charge is -2.02. The third-order valence-corrected chi connectivity index (χ3v) is 3.52. The number of nitrogens with one attached hydrogen (secondary N) is 2. The summed E-state index contributed by atoms with van der Waals surface area (Å²) in [5.74, 6) is 0.337. The molecular weight excluding hydrogens is 308 g/mol. The van der Waals surface area contributed by atoms with Crippen LogP contribution in [-0.2, 0) is 6.54 Å². The van der Waals surface area contributed by atoms with Gasteiger partial charge in [0.1, 0.15) is 16.7 Å². The Morgan fingerprint density at radius 2 is 2.08 bits per heavy atom. The van der Waals surface area contributed by atoms with Crippen molar-refractivity contribution in [3.8, 4) is 11.3 Å². The quantitative estimate of drug-likeness (QED) is 0.594. The molecule has 8 nitrogen and oxygen atoms in total. The molecule has 0 unspecified atom stereocenters. The molecule has 0 atom stereocenters. The van der Waals surface area contributed by atoms with Crippen LogP contribution in [0.3, 0.4) is 0 Å². The average Bonchev–Trinajstić information content (AvgIpc) is 3.29. The summed E-state index contributed by atoms with van der Waals surface area (Å²) in [5.41, 5.74) is 3.39. The van der Waals surface area contributed by atoms with E-state index in [-0.39, 0.29) is 12.5 Å². The normalized spacial score (nSPS) is 10.8. The highest BCUT2D eigenvalue weighted by atomic mass is 16.5. The molecule has 3 heterocycles. The van der Waals surface area contributed by atoms with Crippen LogP contribution in [0.4, 0.5) is 0 Å². The van der Waals surface area contributed by atoms with Crippen LogP contribution in [0.25, 0.3) is 22.3 Å². The maximum absolute atomic E-state index is 12.2. The van der Waals surface area contributed by atoms with Gasteiger partial charge in [0.2, 0.25) is 0 Å². The van der Waals surface area contributed by atoms with E-state index in [1.54, 1.807) is 36.7 Å². The van der Waals surface area contributed by atoms with Gasteiger partial charge in [0.05, 0.1) is 6.54 Å². The number of hydrogen-bond donors (Lipinski definition) is 2. The predicted octanol–water partition coefficient (Wildman–Crippen LogP) is 1.94. The first-order valence-electron chi connectivity index (χ1n) is 7.24. The van der Waals surface area contributed by atoms with Gasteiger partial charge in [-0.15, -0.1) is 0 Å². The summed E-state index contributed by atoms with van der Waals surface area (Å²) < 4.78 is 5.24. The average molecular weight is 320 g/mol. The number of carbonyl (C=O) groups excluding carboxylic acids is 1. The Bertz CT molecular complexity index is 992. The lowest BCUT2D eigenvalue weighted by atomic mass is 10.2. The fourth-order valence-electron chi connectivity index (χ4n) is 2.30. The number of aromatic amines is 1. The van der Waals surface area contributed by atoms with Gasteiger partial charge in [0.25, 0.3) is 5.91 Å². The molecule has 2 N–H and O–H groups in total. The number of aromatic nitrogens is 5. The van der Waals surface area contributed by atoms with Crippen molar-refractivity contribution in [2.45, 2.75) is 6.54 Å². The van der Waals surface area contributed by atoms with Crippen LogP contribution in [0.2, 0.25) is 0 Å². The van der Waals surface area contributed by atoms with E-state index in [9.17, 15) is 4.79 Å². The van der Waals surface area contributed by atoms with Gasteiger partial charge in [-0.25, -0.2) is 0 Å². The Hall–Kier alpha value is -3.55. The molecular formula is C16H12N6O2. The van der Waals surface area contributed by atoms with Gasteiger partial charge >= 0.3 is 0 Å². The maximum atomic E-state index is 12.2. The molecule has 0 bridgehead atoms. The van der Waals surface area contributed by atoms with Gasteiger partial charge in [-0.05, 0) is 30.3 Å². The molecule has 118 valence electrons. The third-order valence-electron chi connectivity index (χ3n) is 3.52. The molecule has 0 fully saturated rings. The first-order chi connectivity index (χ1) is 11.8. The Labute approximate surface area is 135 Å². The second-order valence-corrected chi connectivity index (χ2v) is 5.13. The van der Waals surface area contributed by atoms with Crippen molar-refractivity contribution < 1.29 is 9.32 Å². The van der Waals surface area contributed by atoms with Crippen LogP contribution >= 0.6 is 0 Å². The Kier molecular flexibility index (Phi) is 3.47. The zero-order valence-corrected chi connectivity index (χ0v) is 12.4. The topological polar surface area (TPSA) is 110 Å². The third kappa shape index (κ3) is 2.72. The summed E-state index contributed by atoms with van der Waals surface area (Å²) in [6.07, 6.45) is 3.39. The fourth-order valence-corrected chi connectivity index (χ4v) is 2.30. The van der Waals surface area contributed by atoms with Crippen LogP contribution in [0.5, 0.6) is 0 Å². The molecule has 0 aliphatic rings. The van der Waals surface area contributed by atoms with E-state index in [1.165, 1.54) is 0 Å². The molecule has 4 aromatic rings. The van der Waals surface area contributed by atoms with Crippen LogP contribution in [0, 0.1) is 0 Å². The molecule has 0 aliphatic heterocycles. The number of rotatable bonds is 4. The largest absolute Gasteiger partial charge is 0.359 e. The number of amides is 1. The van der Waals surface area contributed by atoms with Gasteiger partial charge in [-0.1, -0.05) is 5.16 Å². The van der Waals surface area contributed by atoms with E-state index >= 15 is 0 Å². The summed E-state index contributed by atoms with van der Waals surface area (Å²) in [6.45, 7) is 0.239. The van der Waals surface area contributed by atoms with E-state index in [2.05, 4.69) is 30.9 Å². The minimum absolute atomic E-state index is 0.223. The molecule has 24 heavy (non-hydrogen) atoms. The van der Waals surface area contributed by atoms with E-state index in [1.807, 2.05) is 12.1 Å². The number of hydrogen-bond acceptors (Lipinski definition) is 6. The SMILES string of the molecule is O=C(NCc1cc(-c2cccnc2)no1)c1ccc2n[nH]nc2c1. The van der Waals surface area contributed by atoms with Crippen molar-refractivity contribution in [3.63, 3.8) is 0 Å². The molecule has 0 saturated carbocycles. The molecule has 4 rings (SSSR count). The number of nitrogens with zero attached hydrogens (tertiary/aromatic N) is 4. The van der Waals surface area contributed by atoms with E-state index in [0.717, 1.165) is 5.56 Å². The van der Waals surface area contributed by atoms with E-state index < -0.39 is 0 Å². The highest BCUT2D eigenvalue weighted by molar-refractivity contribution is 5.97. The lowest BCUT2D eigenvalue weighted by molar-refractivity contribution is 0.0947. The highest BCUT2D eigenvalue weighted by Gasteiger charge is 2.11. The van der Waals surface area contributed by atoms with E-state index in [4.69, 9.17) is 4.52 Å². The molecule has 1 aromatic carbocycles. The monoisotopic (exact) mass is 320 g/mol. The van der Waals surface area contributed by atoms with Gasteiger partial charge in [-0.2, -0.15) is 15.4 Å². The van der Waals surface area contributed by atoms with Gasteiger partial charge < -0.3 is 9.84 Å². The van der Waals surface area contributed by atoms with Crippen LogP contribution in [0.15, 0.2) is 53.3 Å². The Morgan fingerprint density at radius 3 is 2.96 bits per heavy atom. The van der Waals surface area contributed by atoms with Gasteiger partial charge in [0.15, 0.2) is 5.76 Å². The minimum Gasteiger partial charge on any atom is -0.359 e. The summed E-state index contributed by atoms with van der Waals surface area (Å²) in [7, 11) is 0. The summed E-state index contributed by atoms with van der Waals surface area (Å²) in [5, 5.41) is 17.2. The molecule has 0 spiro atoms. The standard InChI is InChI=1S/C16H12N6O2/c23-16(10-3-4-13-15(6-10)20-22-19-13)18-9-12-7-14(21-24-12)11-2-1-5-17-8-11/h1-8H,9H2,(H,18,23)(H,19,20,22). The molecule has 8 heteroatoms. The van der Waals surface area contributed by atoms with Gasteiger partial charge in [-0.3, -0.25) is 9.78 Å². The fraction of sp³-hybridized carbons (Fsp3) is 0.0625. The molecule has 0 aliphatic carbocycles. The zero-order valence-electron chi connectivity index (χ0n) is 12.4. The van der Waals surface area contributed by atoms with Crippen molar-refractivity contribution in [1.29, 1.82) is 0 Å². The van der Waals surface area contributed by atoms with Crippen molar-refractivity contribution in [2.24, 2.45) is 0 Å². The zero-order chi connectivity index (χ0) is 16.4. The predicted molar refractivity (Wildman–Crippen MR) is 84.8 cm³/mol. The highest BCUT2D eigenvalue weighted by Crippen LogP contribution is 2.17. The second-order valence-electron chi connectivity index (χ2n) is 5.13. The Morgan fingerprint density at radius 1 is 1.17 bits per heavy atom. The first-order valence-corrected chi connectivity index (χ1v) is 7.24. The van der Waals surface area contributed by atoms with Crippen molar-refractivity contribution >= 4 is 16.9 Å². The molecule has 1 amide bonds. The second kappa shape index (κ2) is 5.92. The summed E-state index contributed by atoms with van der Waals surface area (Å²) >= 11 is 0. The van der Waals surface area contributed by atoms with Crippen molar-refractivity contribution in [2.75, 3.05) is 0 Å². The molecule has 3 aromatic heterocycles. The van der Waals surface area contributed by atoms with Crippen molar-refractivity contribution in [1.82, 2.24) is 30.9 Å². The van der Waals surface area contributed by atoms with Crippen molar-refractivity contribution in [3.05, 3.63) is 60.1 Å². The lowest BCUT2D eigenvalue weighted by Crippen LogP contribution is -2.22. The maximum Gasteiger partial charge on any atom is 0.251 e. The van der Waals surface area contributed by atoms with E-state index in [0.29, 0.717) is 28.1 Å². The number of carbonyl (C=O) groups is 1.